The largest absolute Gasteiger partial charge is 0.384 e. The van der Waals surface area contributed by atoms with Crippen LogP contribution in [0, 0.1) is 0 Å². The average Bonchev–Trinajstić information content (AvgIpc) is 3.27. The lowest BCUT2D eigenvalue weighted by molar-refractivity contribution is 0.108. The zero-order valence-corrected chi connectivity index (χ0v) is 13.8. The molecule has 0 bridgehead atoms. The second kappa shape index (κ2) is 6.46. The van der Waals surface area contributed by atoms with E-state index in [1.807, 2.05) is 6.92 Å². The van der Waals surface area contributed by atoms with E-state index in [9.17, 15) is 13.2 Å². The van der Waals surface area contributed by atoms with E-state index in [0.717, 1.165) is 18.4 Å². The third-order valence-electron chi connectivity index (χ3n) is 3.74. The lowest BCUT2D eigenvalue weighted by Crippen LogP contribution is -2.17. The molecule has 0 atom stereocenters. The van der Waals surface area contributed by atoms with Crippen molar-refractivity contribution >= 4 is 26.7 Å². The van der Waals surface area contributed by atoms with Gasteiger partial charge in [-0.2, -0.15) is 0 Å². The SMILES string of the molecule is CCc1c(C(=O)Cl)ccc(C2CC2)c1S(=O)(=O)CCOC. The fourth-order valence-electron chi connectivity index (χ4n) is 2.56. The van der Waals surface area contributed by atoms with Crippen molar-refractivity contribution in [2.75, 3.05) is 19.5 Å². The summed E-state index contributed by atoms with van der Waals surface area (Å²) in [7, 11) is -2.02. The summed E-state index contributed by atoms with van der Waals surface area (Å²) in [4.78, 5) is 11.9. The predicted octanol–water partition coefficient (Wildman–Crippen LogP) is 2.93. The van der Waals surface area contributed by atoms with Gasteiger partial charge < -0.3 is 4.74 Å². The smallest absolute Gasteiger partial charge is 0.252 e. The van der Waals surface area contributed by atoms with Crippen molar-refractivity contribution in [1.82, 2.24) is 0 Å². The Morgan fingerprint density at radius 3 is 2.52 bits per heavy atom. The monoisotopic (exact) mass is 330 g/mol. The Labute approximate surface area is 130 Å². The molecule has 0 N–H and O–H groups in total. The quantitative estimate of drug-likeness (QED) is 0.721. The Bertz CT molecular complexity index is 648. The molecule has 0 unspecified atom stereocenters. The summed E-state index contributed by atoms with van der Waals surface area (Å²) in [5, 5.41) is -0.614. The van der Waals surface area contributed by atoms with Crippen LogP contribution in [0.25, 0.3) is 0 Å². The molecule has 1 saturated carbocycles. The predicted molar refractivity (Wildman–Crippen MR) is 81.9 cm³/mol. The third kappa shape index (κ3) is 3.47. The molecule has 0 radical (unpaired) electrons. The van der Waals surface area contributed by atoms with Crippen LogP contribution in [0.15, 0.2) is 17.0 Å². The van der Waals surface area contributed by atoms with Crippen molar-refractivity contribution in [2.24, 2.45) is 0 Å². The van der Waals surface area contributed by atoms with Crippen molar-refractivity contribution in [3.05, 3.63) is 28.8 Å². The molecule has 4 nitrogen and oxygen atoms in total. The molecule has 0 amide bonds. The minimum Gasteiger partial charge on any atom is -0.384 e. The first-order valence-electron chi connectivity index (χ1n) is 6.99. The molecule has 2 rings (SSSR count). The Balaban J connectivity index is 2.64. The first-order valence-corrected chi connectivity index (χ1v) is 9.02. The van der Waals surface area contributed by atoms with Crippen LogP contribution in [-0.4, -0.2) is 33.1 Å². The van der Waals surface area contributed by atoms with Crippen molar-refractivity contribution in [3.8, 4) is 0 Å². The zero-order valence-electron chi connectivity index (χ0n) is 12.2. The van der Waals surface area contributed by atoms with Gasteiger partial charge in [0.2, 0.25) is 0 Å². The molecular formula is C15H19ClO4S. The molecule has 0 saturated heterocycles. The van der Waals surface area contributed by atoms with Crippen LogP contribution in [0.4, 0.5) is 0 Å². The number of carbonyl (C=O) groups is 1. The van der Waals surface area contributed by atoms with Crippen molar-refractivity contribution < 1.29 is 17.9 Å². The van der Waals surface area contributed by atoms with Gasteiger partial charge in [-0.15, -0.1) is 0 Å². The van der Waals surface area contributed by atoms with Crippen LogP contribution in [0.1, 0.15) is 47.2 Å². The van der Waals surface area contributed by atoms with Crippen LogP contribution in [0.3, 0.4) is 0 Å². The number of methoxy groups -OCH3 is 1. The van der Waals surface area contributed by atoms with E-state index in [1.165, 1.54) is 7.11 Å². The lowest BCUT2D eigenvalue weighted by atomic mass is 10.00. The zero-order chi connectivity index (χ0) is 15.6. The van der Waals surface area contributed by atoms with Crippen LogP contribution >= 0.6 is 11.6 Å². The molecule has 6 heteroatoms. The van der Waals surface area contributed by atoms with Gasteiger partial charge in [-0.1, -0.05) is 13.0 Å². The molecule has 1 aromatic rings. The van der Waals surface area contributed by atoms with Crippen molar-refractivity contribution in [3.63, 3.8) is 0 Å². The van der Waals surface area contributed by atoms with Crippen molar-refractivity contribution in [2.45, 2.75) is 37.0 Å². The molecule has 116 valence electrons. The third-order valence-corrected chi connectivity index (χ3v) is 5.75. The average molecular weight is 331 g/mol. The summed E-state index contributed by atoms with van der Waals surface area (Å²) >= 11 is 5.60. The number of rotatable bonds is 7. The van der Waals surface area contributed by atoms with Crippen LogP contribution in [-0.2, 0) is 21.0 Å². The number of hydrogen-bond donors (Lipinski definition) is 0. The first kappa shape index (κ1) is 16.5. The second-order valence-electron chi connectivity index (χ2n) is 5.22. The molecule has 0 heterocycles. The maximum Gasteiger partial charge on any atom is 0.252 e. The molecular weight excluding hydrogens is 312 g/mol. The highest BCUT2D eigenvalue weighted by Gasteiger charge is 2.33. The van der Waals surface area contributed by atoms with E-state index in [2.05, 4.69) is 0 Å². The van der Waals surface area contributed by atoms with Gasteiger partial charge in [0.1, 0.15) is 0 Å². The summed E-state index contributed by atoms with van der Waals surface area (Å²) in [5.74, 6) is 0.193. The minimum absolute atomic E-state index is 0.0872. The highest BCUT2D eigenvalue weighted by atomic mass is 35.5. The second-order valence-corrected chi connectivity index (χ2v) is 7.61. The summed E-state index contributed by atoms with van der Waals surface area (Å²) in [6.07, 6.45) is 2.43. The normalized spacial score (nSPS) is 15.2. The molecule has 0 aromatic heterocycles. The van der Waals surface area contributed by atoms with E-state index in [0.29, 0.717) is 22.4 Å². The van der Waals surface area contributed by atoms with Gasteiger partial charge in [-0.05, 0) is 54.0 Å². The lowest BCUT2D eigenvalue weighted by Gasteiger charge is -2.16. The van der Waals surface area contributed by atoms with Gasteiger partial charge in [0.05, 0.1) is 17.3 Å². The Morgan fingerprint density at radius 2 is 2.05 bits per heavy atom. The molecule has 0 spiro atoms. The number of benzene rings is 1. The standard InChI is InChI=1S/C15H19ClO4S/c1-3-11-13(15(16)17)7-6-12(10-4-5-10)14(11)21(18,19)9-8-20-2/h6-7,10H,3-5,8-9H2,1-2H3. The summed E-state index contributed by atoms with van der Waals surface area (Å²) < 4.78 is 30.2. The highest BCUT2D eigenvalue weighted by molar-refractivity contribution is 7.91. The van der Waals surface area contributed by atoms with E-state index in [4.69, 9.17) is 16.3 Å². The van der Waals surface area contributed by atoms with Gasteiger partial charge in [-0.25, -0.2) is 8.42 Å². The van der Waals surface area contributed by atoms with Gasteiger partial charge in [-0.3, -0.25) is 4.79 Å². The first-order chi connectivity index (χ1) is 9.92. The Kier molecular flexibility index (Phi) is 5.07. The van der Waals surface area contributed by atoms with E-state index in [-0.39, 0.29) is 18.3 Å². The number of sulfone groups is 1. The van der Waals surface area contributed by atoms with Crippen LogP contribution in [0.5, 0.6) is 0 Å². The fourth-order valence-corrected chi connectivity index (χ4v) is 4.55. The van der Waals surface area contributed by atoms with Gasteiger partial charge in [0, 0.05) is 12.7 Å². The Hall–Kier alpha value is -0.910. The van der Waals surface area contributed by atoms with E-state index in [1.54, 1.807) is 12.1 Å². The van der Waals surface area contributed by atoms with Gasteiger partial charge >= 0.3 is 0 Å². The van der Waals surface area contributed by atoms with Crippen LogP contribution < -0.4 is 0 Å². The fraction of sp³-hybridized carbons (Fsp3) is 0.533. The van der Waals surface area contributed by atoms with Gasteiger partial charge in [0.15, 0.2) is 9.84 Å². The minimum atomic E-state index is -3.49. The summed E-state index contributed by atoms with van der Waals surface area (Å²) in [6.45, 7) is 1.97. The topological polar surface area (TPSA) is 60.4 Å². The number of halogens is 1. The number of carbonyl (C=O) groups excluding carboxylic acids is 1. The maximum atomic E-state index is 12.7. The number of hydrogen-bond acceptors (Lipinski definition) is 4. The molecule has 21 heavy (non-hydrogen) atoms. The molecule has 1 aliphatic rings. The van der Waals surface area contributed by atoms with Crippen LogP contribution in [0.2, 0.25) is 0 Å². The summed E-state index contributed by atoms with van der Waals surface area (Å²) in [6, 6.07) is 3.39. The maximum absolute atomic E-state index is 12.7. The van der Waals surface area contributed by atoms with Crippen molar-refractivity contribution in [1.29, 1.82) is 0 Å². The summed E-state index contributed by atoms with van der Waals surface area (Å²) in [5.41, 5.74) is 1.65. The molecule has 1 aliphatic carbocycles. The van der Waals surface area contributed by atoms with E-state index < -0.39 is 15.1 Å². The molecule has 1 fully saturated rings. The highest BCUT2D eigenvalue weighted by Crippen LogP contribution is 2.44. The molecule has 1 aromatic carbocycles. The number of ether oxygens (including phenoxy) is 1. The molecule has 0 aliphatic heterocycles. The van der Waals surface area contributed by atoms with Gasteiger partial charge in [0.25, 0.3) is 5.24 Å². The van der Waals surface area contributed by atoms with E-state index >= 15 is 0 Å². The Morgan fingerprint density at radius 1 is 1.38 bits per heavy atom.